The predicted octanol–water partition coefficient (Wildman–Crippen LogP) is 1.92. The Hall–Kier alpha value is -2.20. The second kappa shape index (κ2) is 9.12. The van der Waals surface area contributed by atoms with Crippen LogP contribution in [0.3, 0.4) is 0 Å². The lowest BCUT2D eigenvalue weighted by molar-refractivity contribution is -0.366. The fraction of sp³-hybridized carbons (Fsp3) is 0.636. The lowest BCUT2D eigenvalue weighted by Crippen LogP contribution is -2.70. The number of nitrogens with one attached hydrogen (secondary N) is 1. The van der Waals surface area contributed by atoms with Crippen LogP contribution in [0.5, 0.6) is 5.75 Å². The third-order valence-corrected chi connectivity index (χ3v) is 5.31. The molecule has 9 heteroatoms. The maximum Gasteiger partial charge on any atom is 0.332 e. The molecule has 2 fully saturated rings. The molecule has 2 aliphatic heterocycles. The van der Waals surface area contributed by atoms with Gasteiger partial charge in [-0.2, -0.15) is 0 Å². The minimum atomic E-state index is -1.13. The molecule has 0 spiro atoms. The summed E-state index contributed by atoms with van der Waals surface area (Å²) in [5.41, 5.74) is 1.99. The average molecular weight is 437 g/mol. The summed E-state index contributed by atoms with van der Waals surface area (Å²) in [7, 11) is 0. The summed E-state index contributed by atoms with van der Waals surface area (Å²) in [4.78, 5) is 23.5. The van der Waals surface area contributed by atoms with Gasteiger partial charge in [0.15, 0.2) is 11.9 Å². The Labute approximate surface area is 181 Å². The highest BCUT2D eigenvalue weighted by molar-refractivity contribution is 5.73. The van der Waals surface area contributed by atoms with Gasteiger partial charge in [0.05, 0.1) is 6.61 Å². The van der Waals surface area contributed by atoms with Gasteiger partial charge in [-0.25, -0.2) is 4.79 Å². The summed E-state index contributed by atoms with van der Waals surface area (Å²) < 4.78 is 30.0. The molecule has 9 nitrogen and oxygen atoms in total. The SMILES string of the molecule is CC(=O)NC1C(Oc2ccc(C)cc2C)OC2COC(C)(C)OC2C1OC(C)C(=O)O. The number of carbonyl (C=O) groups is 2. The number of fused-ring (bicyclic) bond motifs is 1. The van der Waals surface area contributed by atoms with E-state index in [0.717, 1.165) is 11.1 Å². The van der Waals surface area contributed by atoms with Crippen LogP contribution in [-0.2, 0) is 28.5 Å². The van der Waals surface area contributed by atoms with E-state index in [-0.39, 0.29) is 12.5 Å². The maximum absolute atomic E-state index is 12.0. The van der Waals surface area contributed by atoms with Crippen molar-refractivity contribution in [3.05, 3.63) is 29.3 Å². The predicted molar refractivity (Wildman–Crippen MR) is 110 cm³/mol. The topological polar surface area (TPSA) is 113 Å². The third kappa shape index (κ3) is 5.54. The van der Waals surface area contributed by atoms with Gasteiger partial charge in [0.2, 0.25) is 12.2 Å². The van der Waals surface area contributed by atoms with Crippen molar-refractivity contribution >= 4 is 11.9 Å². The summed E-state index contributed by atoms with van der Waals surface area (Å²) in [5, 5.41) is 12.2. The Kier molecular flexibility index (Phi) is 6.90. The van der Waals surface area contributed by atoms with Crippen molar-refractivity contribution < 1.29 is 38.4 Å². The van der Waals surface area contributed by atoms with Gasteiger partial charge < -0.3 is 34.1 Å². The van der Waals surface area contributed by atoms with Crippen LogP contribution in [0.25, 0.3) is 0 Å². The number of aliphatic carboxylic acids is 1. The van der Waals surface area contributed by atoms with Crippen molar-refractivity contribution in [3.63, 3.8) is 0 Å². The van der Waals surface area contributed by atoms with E-state index >= 15 is 0 Å². The molecule has 0 bridgehead atoms. The van der Waals surface area contributed by atoms with E-state index in [1.54, 1.807) is 13.8 Å². The van der Waals surface area contributed by atoms with E-state index in [4.69, 9.17) is 23.7 Å². The molecule has 2 saturated heterocycles. The van der Waals surface area contributed by atoms with E-state index in [9.17, 15) is 14.7 Å². The van der Waals surface area contributed by atoms with E-state index in [1.165, 1.54) is 13.8 Å². The molecule has 2 heterocycles. The van der Waals surface area contributed by atoms with E-state index < -0.39 is 48.5 Å². The van der Waals surface area contributed by atoms with E-state index in [0.29, 0.717) is 5.75 Å². The Morgan fingerprint density at radius 3 is 2.61 bits per heavy atom. The Bertz CT molecular complexity index is 826. The number of ether oxygens (including phenoxy) is 5. The Balaban J connectivity index is 1.95. The Morgan fingerprint density at radius 2 is 2.00 bits per heavy atom. The van der Waals surface area contributed by atoms with Crippen molar-refractivity contribution in [1.82, 2.24) is 5.32 Å². The second-order valence-electron chi connectivity index (χ2n) is 8.53. The van der Waals surface area contributed by atoms with E-state index in [2.05, 4.69) is 5.32 Å². The number of hydrogen-bond donors (Lipinski definition) is 2. The molecule has 6 atom stereocenters. The van der Waals surface area contributed by atoms with Crippen molar-refractivity contribution in [2.75, 3.05) is 6.61 Å². The zero-order valence-electron chi connectivity index (χ0n) is 18.7. The molecule has 172 valence electrons. The largest absolute Gasteiger partial charge is 0.479 e. The first-order chi connectivity index (χ1) is 14.5. The van der Waals surface area contributed by atoms with Crippen LogP contribution >= 0.6 is 0 Å². The summed E-state index contributed by atoms with van der Waals surface area (Å²) in [5.74, 6) is -1.78. The molecule has 0 aliphatic carbocycles. The van der Waals surface area contributed by atoms with Gasteiger partial charge in [0, 0.05) is 6.92 Å². The van der Waals surface area contributed by atoms with Gasteiger partial charge in [0.1, 0.15) is 30.1 Å². The normalized spacial score (nSPS) is 30.7. The van der Waals surface area contributed by atoms with Gasteiger partial charge in [-0.15, -0.1) is 0 Å². The number of carbonyl (C=O) groups excluding carboxylic acids is 1. The molecule has 2 aliphatic rings. The highest BCUT2D eigenvalue weighted by Crippen LogP contribution is 2.35. The second-order valence-corrected chi connectivity index (χ2v) is 8.53. The average Bonchev–Trinajstić information content (AvgIpc) is 2.66. The fourth-order valence-corrected chi connectivity index (χ4v) is 3.83. The van der Waals surface area contributed by atoms with Crippen LogP contribution in [0, 0.1) is 13.8 Å². The molecule has 2 N–H and O–H groups in total. The van der Waals surface area contributed by atoms with Crippen molar-refractivity contribution in [2.45, 2.75) is 84.1 Å². The fourth-order valence-electron chi connectivity index (χ4n) is 3.83. The van der Waals surface area contributed by atoms with Gasteiger partial charge in [0.25, 0.3) is 0 Å². The Morgan fingerprint density at radius 1 is 1.29 bits per heavy atom. The molecular formula is C22H31NO8. The number of rotatable bonds is 6. The summed E-state index contributed by atoms with van der Waals surface area (Å²) in [6.45, 7) is 10.4. The molecule has 31 heavy (non-hydrogen) atoms. The smallest absolute Gasteiger partial charge is 0.332 e. The monoisotopic (exact) mass is 437 g/mol. The molecule has 1 aromatic rings. The van der Waals surface area contributed by atoms with Crippen LogP contribution < -0.4 is 10.1 Å². The number of amides is 1. The number of aryl methyl sites for hydroxylation is 2. The quantitative estimate of drug-likeness (QED) is 0.694. The number of carboxylic acid groups (broad SMARTS) is 1. The standard InChI is InChI=1S/C22H31NO8/c1-11-7-8-15(12(2)9-11)29-21-17(23-14(4)24)19(28-13(3)20(25)26)18-16(30-21)10-27-22(5,6)31-18/h7-9,13,16-19,21H,10H2,1-6H3,(H,23,24)(H,25,26). The van der Waals surface area contributed by atoms with Crippen LogP contribution in [0.15, 0.2) is 18.2 Å². The zero-order chi connectivity index (χ0) is 22.9. The highest BCUT2D eigenvalue weighted by Gasteiger charge is 2.54. The lowest BCUT2D eigenvalue weighted by atomic mass is 9.94. The van der Waals surface area contributed by atoms with Crippen molar-refractivity contribution in [3.8, 4) is 5.75 Å². The molecule has 3 rings (SSSR count). The molecular weight excluding hydrogens is 406 g/mol. The molecule has 0 radical (unpaired) electrons. The first-order valence-corrected chi connectivity index (χ1v) is 10.3. The van der Waals surface area contributed by atoms with Crippen LogP contribution in [0.2, 0.25) is 0 Å². The number of hydrogen-bond acceptors (Lipinski definition) is 7. The van der Waals surface area contributed by atoms with Gasteiger partial charge in [-0.05, 0) is 46.2 Å². The van der Waals surface area contributed by atoms with Crippen LogP contribution in [-0.4, -0.2) is 66.1 Å². The zero-order valence-corrected chi connectivity index (χ0v) is 18.7. The molecule has 0 aromatic heterocycles. The molecule has 0 saturated carbocycles. The molecule has 1 amide bonds. The van der Waals surface area contributed by atoms with Crippen molar-refractivity contribution in [2.24, 2.45) is 0 Å². The summed E-state index contributed by atoms with van der Waals surface area (Å²) in [6.07, 6.45) is -4.14. The molecule has 1 aromatic carbocycles. The maximum atomic E-state index is 12.0. The third-order valence-electron chi connectivity index (χ3n) is 5.31. The highest BCUT2D eigenvalue weighted by atomic mass is 16.8. The first kappa shape index (κ1) is 23.5. The first-order valence-electron chi connectivity index (χ1n) is 10.3. The molecule has 6 unspecified atom stereocenters. The van der Waals surface area contributed by atoms with Gasteiger partial charge >= 0.3 is 5.97 Å². The summed E-state index contributed by atoms with van der Waals surface area (Å²) in [6, 6.07) is 4.91. The van der Waals surface area contributed by atoms with E-state index in [1.807, 2.05) is 32.0 Å². The number of carboxylic acids is 1. The van der Waals surface area contributed by atoms with Crippen molar-refractivity contribution in [1.29, 1.82) is 0 Å². The number of benzene rings is 1. The minimum absolute atomic E-state index is 0.207. The lowest BCUT2D eigenvalue weighted by Gasteiger charge is -2.51. The van der Waals surface area contributed by atoms with Gasteiger partial charge in [-0.3, -0.25) is 4.79 Å². The summed E-state index contributed by atoms with van der Waals surface area (Å²) >= 11 is 0. The van der Waals surface area contributed by atoms with Crippen LogP contribution in [0.4, 0.5) is 0 Å². The van der Waals surface area contributed by atoms with Gasteiger partial charge in [-0.1, -0.05) is 17.7 Å². The minimum Gasteiger partial charge on any atom is -0.479 e. The van der Waals surface area contributed by atoms with Crippen LogP contribution in [0.1, 0.15) is 38.8 Å².